The summed E-state index contributed by atoms with van der Waals surface area (Å²) in [5, 5.41) is 4.76. The van der Waals surface area contributed by atoms with E-state index in [1.807, 2.05) is 30.3 Å². The maximum atomic E-state index is 12.3. The summed E-state index contributed by atoms with van der Waals surface area (Å²) in [5.74, 6) is 0.668. The molecule has 0 aliphatic carbocycles. The molecule has 6 heteroatoms. The van der Waals surface area contributed by atoms with Crippen LogP contribution in [0.3, 0.4) is 0 Å². The molecular weight excluding hydrogens is 318 g/mol. The van der Waals surface area contributed by atoms with Crippen LogP contribution in [0.4, 0.5) is 0 Å². The van der Waals surface area contributed by atoms with Gasteiger partial charge in [-0.3, -0.25) is 4.79 Å². The summed E-state index contributed by atoms with van der Waals surface area (Å²) < 4.78 is 12.1. The first-order valence-electron chi connectivity index (χ1n) is 7.63. The first kappa shape index (κ1) is 16.4. The molecule has 0 saturated carbocycles. The van der Waals surface area contributed by atoms with Gasteiger partial charge in [-0.25, -0.2) is 9.67 Å². The summed E-state index contributed by atoms with van der Waals surface area (Å²) in [7, 11) is 3.06. The zero-order valence-electron chi connectivity index (χ0n) is 13.9. The van der Waals surface area contributed by atoms with E-state index in [-0.39, 0.29) is 5.91 Å². The van der Waals surface area contributed by atoms with E-state index >= 15 is 0 Å². The van der Waals surface area contributed by atoms with E-state index in [2.05, 4.69) is 10.1 Å². The van der Waals surface area contributed by atoms with Gasteiger partial charge in [0, 0.05) is 11.8 Å². The molecule has 0 unspecified atom stereocenters. The summed E-state index contributed by atoms with van der Waals surface area (Å²) in [6.45, 7) is 0. The number of carbonyl (C=O) groups excluding carboxylic acids is 1. The number of rotatable bonds is 4. The quantitative estimate of drug-likeness (QED) is 0.735. The monoisotopic (exact) mass is 335 g/mol. The lowest BCUT2D eigenvalue weighted by molar-refractivity contribution is 0.0998. The second-order valence-corrected chi connectivity index (χ2v) is 5.15. The minimum absolute atomic E-state index is 0.375. The zero-order valence-corrected chi connectivity index (χ0v) is 13.9. The van der Waals surface area contributed by atoms with E-state index in [0.717, 1.165) is 5.69 Å². The van der Waals surface area contributed by atoms with Crippen LogP contribution in [0.25, 0.3) is 5.69 Å². The Morgan fingerprint density at radius 1 is 1.00 bits per heavy atom. The molecule has 0 bridgehead atoms. The van der Waals surface area contributed by atoms with Crippen molar-refractivity contribution in [2.24, 2.45) is 4.99 Å². The lowest BCUT2D eigenvalue weighted by Crippen LogP contribution is -2.11. The van der Waals surface area contributed by atoms with Crippen LogP contribution in [0.15, 0.2) is 72.0 Å². The number of para-hydroxylation sites is 1. The second kappa shape index (κ2) is 7.44. The highest BCUT2D eigenvalue weighted by Gasteiger charge is 2.09. The third-order valence-corrected chi connectivity index (χ3v) is 3.58. The number of benzene rings is 2. The van der Waals surface area contributed by atoms with E-state index in [4.69, 9.17) is 9.47 Å². The second-order valence-electron chi connectivity index (χ2n) is 5.15. The van der Waals surface area contributed by atoms with Crippen molar-refractivity contribution in [3.8, 4) is 17.2 Å². The molecule has 0 radical (unpaired) electrons. The minimum Gasteiger partial charge on any atom is -0.493 e. The molecule has 3 aromatic rings. The molecule has 1 amide bonds. The molecule has 126 valence electrons. The summed E-state index contributed by atoms with van der Waals surface area (Å²) in [6, 6.07) is 16.4. The van der Waals surface area contributed by atoms with Gasteiger partial charge in [0.15, 0.2) is 11.5 Å². The summed E-state index contributed by atoms with van der Waals surface area (Å²) in [6.07, 6.45) is 3.31. The van der Waals surface area contributed by atoms with Gasteiger partial charge in [-0.2, -0.15) is 5.10 Å². The Labute approximate surface area is 145 Å². The van der Waals surface area contributed by atoms with Crippen molar-refractivity contribution in [2.45, 2.75) is 0 Å². The molecule has 25 heavy (non-hydrogen) atoms. The van der Waals surface area contributed by atoms with Crippen molar-refractivity contribution in [3.63, 3.8) is 0 Å². The Kier molecular flexibility index (Phi) is 4.89. The third-order valence-electron chi connectivity index (χ3n) is 3.58. The highest BCUT2D eigenvalue weighted by molar-refractivity contribution is 5.95. The molecule has 0 spiro atoms. The molecule has 0 aliphatic rings. The van der Waals surface area contributed by atoms with Gasteiger partial charge in [0.25, 0.3) is 5.91 Å². The molecule has 6 nitrogen and oxygen atoms in total. The Bertz CT molecular complexity index is 929. The van der Waals surface area contributed by atoms with E-state index < -0.39 is 0 Å². The van der Waals surface area contributed by atoms with Crippen LogP contribution in [-0.4, -0.2) is 29.9 Å². The molecule has 0 atom stereocenters. The van der Waals surface area contributed by atoms with E-state index in [1.165, 1.54) is 7.11 Å². The first-order valence-corrected chi connectivity index (χ1v) is 7.63. The number of nitrogens with zero attached hydrogens (tertiary/aromatic N) is 3. The average molecular weight is 335 g/mol. The van der Waals surface area contributed by atoms with Gasteiger partial charge >= 0.3 is 0 Å². The molecule has 0 N–H and O–H groups in total. The highest BCUT2D eigenvalue weighted by Crippen LogP contribution is 2.27. The predicted molar refractivity (Wildman–Crippen MR) is 93.0 cm³/mol. The van der Waals surface area contributed by atoms with Crippen LogP contribution in [0.2, 0.25) is 0 Å². The topological polar surface area (TPSA) is 65.7 Å². The van der Waals surface area contributed by atoms with Crippen LogP contribution in [-0.2, 0) is 0 Å². The Morgan fingerprint density at radius 2 is 1.76 bits per heavy atom. The Balaban J connectivity index is 1.86. The molecule has 2 aromatic carbocycles. The average Bonchev–Trinajstić information content (AvgIpc) is 2.68. The zero-order chi connectivity index (χ0) is 17.6. The van der Waals surface area contributed by atoms with Gasteiger partial charge in [-0.05, 0) is 36.4 Å². The maximum absolute atomic E-state index is 12.3. The number of amides is 1. The number of aromatic nitrogens is 2. The lowest BCUT2D eigenvalue weighted by atomic mass is 10.2. The fourth-order valence-corrected chi connectivity index (χ4v) is 2.30. The summed E-state index contributed by atoms with van der Waals surface area (Å²) in [4.78, 5) is 16.4. The van der Waals surface area contributed by atoms with Crippen molar-refractivity contribution >= 4 is 5.91 Å². The molecular formula is C19H17N3O3. The molecule has 1 heterocycles. The fraction of sp³-hybridized carbons (Fsp3) is 0.105. The lowest BCUT2D eigenvalue weighted by Gasteiger charge is -2.07. The normalized spacial score (nSPS) is 11.2. The van der Waals surface area contributed by atoms with Crippen molar-refractivity contribution in [2.75, 3.05) is 14.2 Å². The van der Waals surface area contributed by atoms with Gasteiger partial charge in [0.1, 0.15) is 0 Å². The maximum Gasteiger partial charge on any atom is 0.277 e. The number of hydrogen-bond donors (Lipinski definition) is 0. The fourth-order valence-electron chi connectivity index (χ4n) is 2.30. The van der Waals surface area contributed by atoms with Crippen molar-refractivity contribution in [1.29, 1.82) is 0 Å². The summed E-state index contributed by atoms with van der Waals surface area (Å²) in [5.41, 5.74) is 1.35. The highest BCUT2D eigenvalue weighted by atomic mass is 16.5. The van der Waals surface area contributed by atoms with Crippen LogP contribution in [0, 0.1) is 0 Å². The van der Waals surface area contributed by atoms with Crippen LogP contribution in [0.1, 0.15) is 10.4 Å². The van der Waals surface area contributed by atoms with Gasteiger partial charge in [0.05, 0.1) is 31.5 Å². The molecule has 0 aliphatic heterocycles. The van der Waals surface area contributed by atoms with Crippen molar-refractivity contribution < 1.29 is 14.3 Å². The summed E-state index contributed by atoms with van der Waals surface area (Å²) >= 11 is 0. The first-order chi connectivity index (χ1) is 12.2. The van der Waals surface area contributed by atoms with Gasteiger partial charge in [-0.15, -0.1) is 0 Å². The number of ether oxygens (including phenoxy) is 2. The number of hydrogen-bond acceptors (Lipinski definition) is 4. The molecule has 3 rings (SSSR count). The van der Waals surface area contributed by atoms with Gasteiger partial charge in [0.2, 0.25) is 0 Å². The minimum atomic E-state index is -0.375. The van der Waals surface area contributed by atoms with Crippen LogP contribution < -0.4 is 14.8 Å². The number of carbonyl (C=O) groups is 1. The smallest absolute Gasteiger partial charge is 0.277 e. The van der Waals surface area contributed by atoms with Gasteiger partial charge < -0.3 is 9.47 Å². The van der Waals surface area contributed by atoms with E-state index in [1.54, 1.807) is 48.5 Å². The largest absolute Gasteiger partial charge is 0.493 e. The van der Waals surface area contributed by atoms with Gasteiger partial charge in [-0.1, -0.05) is 18.2 Å². The predicted octanol–water partition coefficient (Wildman–Crippen LogP) is 2.63. The molecule has 0 saturated heterocycles. The third kappa shape index (κ3) is 3.74. The standard InChI is InChI=1S/C19H17N3O3/c1-24-17-9-8-14(12-18(17)25-2)19(23)21-15-10-11-22(20-13-15)16-6-4-3-5-7-16/h3-13H,1-2H3. The molecule has 0 fully saturated rings. The van der Waals surface area contributed by atoms with Crippen LogP contribution >= 0.6 is 0 Å². The van der Waals surface area contributed by atoms with Crippen LogP contribution in [0.5, 0.6) is 11.5 Å². The van der Waals surface area contributed by atoms with E-state index in [9.17, 15) is 4.79 Å². The number of methoxy groups -OCH3 is 2. The Morgan fingerprint density at radius 3 is 2.40 bits per heavy atom. The van der Waals surface area contributed by atoms with Crippen molar-refractivity contribution in [1.82, 2.24) is 9.78 Å². The SMILES string of the molecule is COc1ccc(C(=O)N=c2ccn(-c3ccccc3)nc2)cc1OC. The van der Waals surface area contributed by atoms with Crippen molar-refractivity contribution in [3.05, 3.63) is 77.9 Å². The molecule has 1 aromatic heterocycles. The Hall–Kier alpha value is -3.41. The van der Waals surface area contributed by atoms with E-state index in [0.29, 0.717) is 22.4 Å².